The van der Waals surface area contributed by atoms with Gasteiger partial charge >= 0.3 is 12.0 Å². The third kappa shape index (κ3) is 6.75. The molecule has 1 fully saturated rings. The molecule has 116 valence electrons. The minimum Gasteiger partial charge on any atom is -0.481 e. The molecule has 6 heteroatoms. The molecule has 0 aromatic rings. The fourth-order valence-corrected chi connectivity index (χ4v) is 2.45. The average Bonchev–Trinajstić information content (AvgIpc) is 2.38. The molecule has 0 aliphatic carbocycles. The minimum absolute atomic E-state index is 0.0105. The molecule has 0 spiro atoms. The third-order valence-electron chi connectivity index (χ3n) is 3.67. The van der Waals surface area contributed by atoms with Gasteiger partial charge in [0.25, 0.3) is 0 Å². The number of unbranched alkanes of at least 4 members (excludes halogenated alkanes) is 1. The van der Waals surface area contributed by atoms with E-state index in [1.807, 2.05) is 14.1 Å². The highest BCUT2D eigenvalue weighted by atomic mass is 16.4. The van der Waals surface area contributed by atoms with Gasteiger partial charge in [0.15, 0.2) is 0 Å². The maximum Gasteiger partial charge on any atom is 0.317 e. The lowest BCUT2D eigenvalue weighted by molar-refractivity contribution is -0.138. The number of nitrogens with one attached hydrogen (secondary N) is 1. The van der Waals surface area contributed by atoms with Crippen LogP contribution in [0.2, 0.25) is 0 Å². The molecule has 0 unspecified atom stereocenters. The van der Waals surface area contributed by atoms with Crippen LogP contribution in [-0.2, 0) is 4.79 Å². The molecule has 0 aromatic carbocycles. The van der Waals surface area contributed by atoms with Crippen LogP contribution in [0.3, 0.4) is 0 Å². The Balaban J connectivity index is 2.11. The van der Waals surface area contributed by atoms with Crippen LogP contribution in [0.15, 0.2) is 0 Å². The van der Waals surface area contributed by atoms with Crippen molar-refractivity contribution >= 4 is 12.0 Å². The lowest BCUT2D eigenvalue weighted by Crippen LogP contribution is -2.45. The van der Waals surface area contributed by atoms with Gasteiger partial charge in [0.05, 0.1) is 0 Å². The summed E-state index contributed by atoms with van der Waals surface area (Å²) in [5.41, 5.74) is 0. The maximum atomic E-state index is 11.9. The summed E-state index contributed by atoms with van der Waals surface area (Å²) < 4.78 is 0. The van der Waals surface area contributed by atoms with E-state index in [0.717, 1.165) is 32.2 Å². The second kappa shape index (κ2) is 8.79. The quantitative estimate of drug-likeness (QED) is 0.690. The highest BCUT2D eigenvalue weighted by Gasteiger charge is 2.23. The molecule has 1 aliphatic rings. The summed E-state index contributed by atoms with van der Waals surface area (Å²) in [6.07, 6.45) is 3.87. The molecule has 0 saturated carbocycles. The van der Waals surface area contributed by atoms with Gasteiger partial charge in [-0.2, -0.15) is 0 Å². The van der Waals surface area contributed by atoms with Crippen LogP contribution < -0.4 is 5.32 Å². The molecule has 1 aliphatic heterocycles. The van der Waals surface area contributed by atoms with E-state index in [1.165, 1.54) is 0 Å². The fraction of sp³-hybridized carbons (Fsp3) is 0.857. The van der Waals surface area contributed by atoms with Crippen molar-refractivity contribution in [3.8, 4) is 0 Å². The monoisotopic (exact) mass is 285 g/mol. The van der Waals surface area contributed by atoms with E-state index in [2.05, 4.69) is 10.2 Å². The normalized spacial score (nSPS) is 16.4. The maximum absolute atomic E-state index is 11.9. The number of carbonyl (C=O) groups is 2. The largest absolute Gasteiger partial charge is 0.481 e. The summed E-state index contributed by atoms with van der Waals surface area (Å²) in [7, 11) is 4.08. The van der Waals surface area contributed by atoms with Crippen LogP contribution in [0, 0.1) is 5.92 Å². The van der Waals surface area contributed by atoms with Crippen molar-refractivity contribution in [2.75, 3.05) is 40.3 Å². The molecule has 0 aromatic heterocycles. The Morgan fingerprint density at radius 2 is 1.90 bits per heavy atom. The third-order valence-corrected chi connectivity index (χ3v) is 3.67. The van der Waals surface area contributed by atoms with Gasteiger partial charge in [-0.3, -0.25) is 4.79 Å². The SMILES string of the molecule is CN(C)CCCCNC(=O)N1CCC(CC(=O)O)CC1. The second-order valence-electron chi connectivity index (χ2n) is 5.77. The predicted molar refractivity (Wildman–Crippen MR) is 77.7 cm³/mol. The summed E-state index contributed by atoms with van der Waals surface area (Å²) in [5.74, 6) is -0.523. The molecule has 1 heterocycles. The topological polar surface area (TPSA) is 72.9 Å². The lowest BCUT2D eigenvalue weighted by atomic mass is 9.94. The summed E-state index contributed by atoms with van der Waals surface area (Å²) in [6.45, 7) is 3.08. The first kappa shape index (κ1) is 16.8. The van der Waals surface area contributed by atoms with Crippen LogP contribution >= 0.6 is 0 Å². The standard InChI is InChI=1S/C14H27N3O3/c1-16(2)8-4-3-7-15-14(20)17-9-5-12(6-10-17)11-13(18)19/h12H,3-11H2,1-2H3,(H,15,20)(H,18,19). The Hall–Kier alpha value is -1.30. The number of nitrogens with zero attached hydrogens (tertiary/aromatic N) is 2. The molecule has 1 saturated heterocycles. The van der Waals surface area contributed by atoms with Gasteiger partial charge in [0.1, 0.15) is 0 Å². The highest BCUT2D eigenvalue weighted by Crippen LogP contribution is 2.20. The van der Waals surface area contributed by atoms with Crippen molar-refractivity contribution in [1.82, 2.24) is 15.1 Å². The van der Waals surface area contributed by atoms with Crippen LogP contribution in [0.1, 0.15) is 32.1 Å². The zero-order chi connectivity index (χ0) is 15.0. The minimum atomic E-state index is -0.742. The number of amides is 2. The number of piperidine rings is 1. The molecular formula is C14H27N3O3. The number of likely N-dealkylation sites (tertiary alicyclic amines) is 1. The van der Waals surface area contributed by atoms with Crippen LogP contribution in [0.25, 0.3) is 0 Å². The number of hydrogen-bond acceptors (Lipinski definition) is 3. The van der Waals surface area contributed by atoms with Crippen molar-refractivity contribution < 1.29 is 14.7 Å². The van der Waals surface area contributed by atoms with Gasteiger partial charge in [0.2, 0.25) is 0 Å². The zero-order valence-corrected chi connectivity index (χ0v) is 12.6. The number of carboxylic acid groups (broad SMARTS) is 1. The molecular weight excluding hydrogens is 258 g/mol. The predicted octanol–water partition coefficient (Wildman–Crippen LogP) is 1.22. The van der Waals surface area contributed by atoms with E-state index in [0.29, 0.717) is 19.6 Å². The average molecular weight is 285 g/mol. The molecule has 0 bridgehead atoms. The summed E-state index contributed by atoms with van der Waals surface area (Å²) >= 11 is 0. The van der Waals surface area contributed by atoms with E-state index >= 15 is 0 Å². The second-order valence-corrected chi connectivity index (χ2v) is 5.77. The van der Waals surface area contributed by atoms with Crippen LogP contribution in [0.4, 0.5) is 4.79 Å². The van der Waals surface area contributed by atoms with Gasteiger partial charge < -0.3 is 20.2 Å². The summed E-state index contributed by atoms with van der Waals surface area (Å²) in [5, 5.41) is 11.7. The first-order chi connectivity index (χ1) is 9.49. The van der Waals surface area contributed by atoms with Crippen LogP contribution in [-0.4, -0.2) is 67.2 Å². The van der Waals surface area contributed by atoms with Gasteiger partial charge in [-0.1, -0.05) is 0 Å². The van der Waals surface area contributed by atoms with E-state index in [1.54, 1.807) is 4.90 Å². The first-order valence-electron chi connectivity index (χ1n) is 7.38. The van der Waals surface area contributed by atoms with Gasteiger partial charge in [-0.05, 0) is 52.2 Å². The fourth-order valence-electron chi connectivity index (χ4n) is 2.45. The Bertz CT molecular complexity index is 313. The van der Waals surface area contributed by atoms with E-state index < -0.39 is 5.97 Å². The van der Waals surface area contributed by atoms with E-state index in [4.69, 9.17) is 5.11 Å². The van der Waals surface area contributed by atoms with Gasteiger partial charge in [0, 0.05) is 26.1 Å². The number of urea groups is 1. The smallest absolute Gasteiger partial charge is 0.317 e. The highest BCUT2D eigenvalue weighted by molar-refractivity contribution is 5.74. The Morgan fingerprint density at radius 1 is 1.25 bits per heavy atom. The van der Waals surface area contributed by atoms with Gasteiger partial charge in [-0.15, -0.1) is 0 Å². The van der Waals surface area contributed by atoms with E-state index in [9.17, 15) is 9.59 Å². The lowest BCUT2D eigenvalue weighted by Gasteiger charge is -2.31. The van der Waals surface area contributed by atoms with Gasteiger partial charge in [-0.25, -0.2) is 4.79 Å². The summed E-state index contributed by atoms with van der Waals surface area (Å²) in [6, 6.07) is -0.0105. The number of hydrogen-bond donors (Lipinski definition) is 2. The number of aliphatic carboxylic acids is 1. The molecule has 20 heavy (non-hydrogen) atoms. The van der Waals surface area contributed by atoms with Crippen molar-refractivity contribution in [2.45, 2.75) is 32.1 Å². The number of carbonyl (C=O) groups excluding carboxylic acids is 1. The molecule has 1 rings (SSSR count). The van der Waals surface area contributed by atoms with Crippen molar-refractivity contribution in [1.29, 1.82) is 0 Å². The zero-order valence-electron chi connectivity index (χ0n) is 12.6. The molecule has 2 amide bonds. The summed E-state index contributed by atoms with van der Waals surface area (Å²) in [4.78, 5) is 26.5. The van der Waals surface area contributed by atoms with Crippen molar-refractivity contribution in [2.24, 2.45) is 5.92 Å². The molecule has 0 atom stereocenters. The molecule has 0 radical (unpaired) electrons. The number of rotatable bonds is 7. The van der Waals surface area contributed by atoms with Crippen molar-refractivity contribution in [3.63, 3.8) is 0 Å². The first-order valence-corrected chi connectivity index (χ1v) is 7.38. The Kier molecular flexibility index (Phi) is 7.36. The molecule has 2 N–H and O–H groups in total. The van der Waals surface area contributed by atoms with E-state index in [-0.39, 0.29) is 18.4 Å². The Morgan fingerprint density at radius 3 is 2.45 bits per heavy atom. The van der Waals surface area contributed by atoms with Crippen LogP contribution in [0.5, 0.6) is 0 Å². The molecule has 6 nitrogen and oxygen atoms in total. The Labute approximate surface area is 121 Å². The van der Waals surface area contributed by atoms with Crippen molar-refractivity contribution in [3.05, 3.63) is 0 Å². The number of carboxylic acids is 1.